The molecule has 1 saturated carbocycles. The molecule has 2 amide bonds. The molecule has 7 heteroatoms. The van der Waals surface area contributed by atoms with E-state index in [1.165, 1.54) is 0 Å². The SMILES string of the molecule is C=CC(=O)Nc1cccc(C(=O)NC2CCS(=O)(=O)C3(CCC3)C2)c1. The maximum atomic E-state index is 12.5. The van der Waals surface area contributed by atoms with Crippen molar-refractivity contribution in [1.82, 2.24) is 5.32 Å². The lowest BCUT2D eigenvalue weighted by Crippen LogP contribution is -2.55. The predicted octanol–water partition coefficient (Wildman–Crippen LogP) is 2.04. The summed E-state index contributed by atoms with van der Waals surface area (Å²) in [6, 6.07) is 6.50. The zero-order valence-electron chi connectivity index (χ0n) is 14.0. The third kappa shape index (κ3) is 3.46. The Balaban J connectivity index is 1.67. The molecule has 1 saturated heterocycles. The molecule has 0 radical (unpaired) electrons. The average Bonchev–Trinajstić information content (AvgIpc) is 2.55. The molecule has 2 fully saturated rings. The fourth-order valence-electron chi connectivity index (χ4n) is 3.60. The van der Waals surface area contributed by atoms with E-state index in [0.717, 1.165) is 12.5 Å². The predicted molar refractivity (Wildman–Crippen MR) is 96.1 cm³/mol. The molecular formula is C18H22N2O4S. The molecule has 1 aliphatic carbocycles. The minimum absolute atomic E-state index is 0.132. The molecule has 1 unspecified atom stereocenters. The van der Waals surface area contributed by atoms with Gasteiger partial charge in [0.25, 0.3) is 5.91 Å². The van der Waals surface area contributed by atoms with Gasteiger partial charge in [-0.15, -0.1) is 0 Å². The van der Waals surface area contributed by atoms with E-state index in [4.69, 9.17) is 0 Å². The summed E-state index contributed by atoms with van der Waals surface area (Å²) in [6.45, 7) is 3.39. The lowest BCUT2D eigenvalue weighted by molar-refractivity contribution is -0.111. The summed E-state index contributed by atoms with van der Waals surface area (Å²) in [5.41, 5.74) is 0.942. The number of sulfone groups is 1. The number of amides is 2. The summed E-state index contributed by atoms with van der Waals surface area (Å²) < 4.78 is 24.0. The van der Waals surface area contributed by atoms with Crippen LogP contribution in [0.15, 0.2) is 36.9 Å². The van der Waals surface area contributed by atoms with Crippen molar-refractivity contribution in [3.63, 3.8) is 0 Å². The minimum Gasteiger partial charge on any atom is -0.349 e. The zero-order chi connectivity index (χ0) is 18.1. The molecule has 1 aromatic rings. The van der Waals surface area contributed by atoms with Crippen LogP contribution in [0.2, 0.25) is 0 Å². The van der Waals surface area contributed by atoms with Gasteiger partial charge in [0, 0.05) is 17.3 Å². The van der Waals surface area contributed by atoms with E-state index < -0.39 is 14.6 Å². The van der Waals surface area contributed by atoms with Crippen LogP contribution in [0.25, 0.3) is 0 Å². The quantitative estimate of drug-likeness (QED) is 0.802. The van der Waals surface area contributed by atoms with Crippen molar-refractivity contribution >= 4 is 27.3 Å². The molecule has 1 heterocycles. The maximum Gasteiger partial charge on any atom is 0.251 e. The molecule has 0 bridgehead atoms. The summed E-state index contributed by atoms with van der Waals surface area (Å²) in [6.07, 6.45) is 4.43. The van der Waals surface area contributed by atoms with Crippen LogP contribution < -0.4 is 10.6 Å². The highest BCUT2D eigenvalue weighted by atomic mass is 32.2. The van der Waals surface area contributed by atoms with Crippen molar-refractivity contribution in [2.24, 2.45) is 0 Å². The fraction of sp³-hybridized carbons (Fsp3) is 0.444. The van der Waals surface area contributed by atoms with Crippen LogP contribution in [0.5, 0.6) is 0 Å². The van der Waals surface area contributed by atoms with Crippen LogP contribution in [-0.2, 0) is 14.6 Å². The molecule has 3 rings (SSSR count). The van der Waals surface area contributed by atoms with Crippen LogP contribution in [-0.4, -0.2) is 36.8 Å². The molecule has 1 atom stereocenters. The minimum atomic E-state index is -3.05. The number of benzene rings is 1. The summed E-state index contributed by atoms with van der Waals surface area (Å²) in [7, 11) is -3.05. The van der Waals surface area contributed by atoms with Gasteiger partial charge in [-0.1, -0.05) is 19.1 Å². The van der Waals surface area contributed by atoms with Gasteiger partial charge in [0.15, 0.2) is 9.84 Å². The van der Waals surface area contributed by atoms with Crippen LogP contribution in [0.3, 0.4) is 0 Å². The van der Waals surface area contributed by atoms with Gasteiger partial charge in [-0.25, -0.2) is 8.42 Å². The average molecular weight is 362 g/mol. The molecule has 6 nitrogen and oxygen atoms in total. The molecule has 0 aromatic heterocycles. The van der Waals surface area contributed by atoms with Crippen LogP contribution in [0.1, 0.15) is 42.5 Å². The molecule has 134 valence electrons. The highest BCUT2D eigenvalue weighted by molar-refractivity contribution is 7.92. The summed E-state index contributed by atoms with van der Waals surface area (Å²) in [5, 5.41) is 5.57. The van der Waals surface area contributed by atoms with E-state index in [9.17, 15) is 18.0 Å². The number of carbonyl (C=O) groups is 2. The smallest absolute Gasteiger partial charge is 0.251 e. The Morgan fingerprint density at radius 3 is 2.68 bits per heavy atom. The van der Waals surface area contributed by atoms with E-state index >= 15 is 0 Å². The Labute approximate surface area is 147 Å². The molecule has 2 aliphatic rings. The first-order chi connectivity index (χ1) is 11.9. The standard InChI is InChI=1S/C18H22N2O4S/c1-2-16(21)19-14-6-3-5-13(11-14)17(22)20-15-7-10-25(23,24)18(12-15)8-4-9-18/h2-3,5-6,11,15H,1,4,7-10,12H2,(H,19,21)(H,20,22). The first-order valence-electron chi connectivity index (χ1n) is 8.42. The number of nitrogens with one attached hydrogen (secondary N) is 2. The summed E-state index contributed by atoms with van der Waals surface area (Å²) in [5.74, 6) is -0.469. The Kier molecular flexibility index (Phi) is 4.69. The van der Waals surface area contributed by atoms with Crippen molar-refractivity contribution in [2.45, 2.75) is 42.9 Å². The molecule has 1 spiro atoms. The second-order valence-corrected chi connectivity index (χ2v) is 9.30. The largest absolute Gasteiger partial charge is 0.349 e. The van der Waals surface area contributed by atoms with Gasteiger partial charge < -0.3 is 10.6 Å². The second-order valence-electron chi connectivity index (χ2n) is 6.79. The third-order valence-electron chi connectivity index (χ3n) is 5.19. The fourth-order valence-corrected chi connectivity index (χ4v) is 6.00. The van der Waals surface area contributed by atoms with Gasteiger partial charge in [0.05, 0.1) is 10.5 Å². The van der Waals surface area contributed by atoms with Crippen molar-refractivity contribution in [3.05, 3.63) is 42.5 Å². The highest BCUT2D eigenvalue weighted by Crippen LogP contribution is 2.46. The monoisotopic (exact) mass is 362 g/mol. The number of rotatable bonds is 4. The first kappa shape index (κ1) is 17.7. The van der Waals surface area contributed by atoms with Gasteiger partial charge in [-0.05, 0) is 50.0 Å². The summed E-state index contributed by atoms with van der Waals surface area (Å²) in [4.78, 5) is 23.9. The number of hydrogen-bond acceptors (Lipinski definition) is 4. The van der Waals surface area contributed by atoms with Crippen molar-refractivity contribution < 1.29 is 18.0 Å². The first-order valence-corrected chi connectivity index (χ1v) is 10.1. The van der Waals surface area contributed by atoms with Gasteiger partial charge in [-0.3, -0.25) is 9.59 Å². The third-order valence-corrected chi connectivity index (χ3v) is 7.86. The van der Waals surface area contributed by atoms with E-state index in [-0.39, 0.29) is 23.6 Å². The van der Waals surface area contributed by atoms with E-state index in [1.807, 2.05) is 0 Å². The van der Waals surface area contributed by atoms with Crippen molar-refractivity contribution in [3.8, 4) is 0 Å². The zero-order valence-corrected chi connectivity index (χ0v) is 14.8. The van der Waals surface area contributed by atoms with Crippen LogP contribution in [0.4, 0.5) is 5.69 Å². The number of carbonyl (C=O) groups excluding carboxylic acids is 2. The maximum absolute atomic E-state index is 12.5. The molecule has 1 aromatic carbocycles. The lowest BCUT2D eigenvalue weighted by atomic mass is 9.78. The second kappa shape index (κ2) is 6.63. The summed E-state index contributed by atoms with van der Waals surface area (Å²) >= 11 is 0. The molecular weight excluding hydrogens is 340 g/mol. The highest BCUT2D eigenvalue weighted by Gasteiger charge is 2.52. The van der Waals surface area contributed by atoms with Crippen LogP contribution in [0, 0.1) is 0 Å². The van der Waals surface area contributed by atoms with E-state index in [2.05, 4.69) is 17.2 Å². The molecule has 2 N–H and O–H groups in total. The normalized spacial score (nSPS) is 23.3. The van der Waals surface area contributed by atoms with E-state index in [1.54, 1.807) is 24.3 Å². The van der Waals surface area contributed by atoms with Gasteiger partial charge >= 0.3 is 0 Å². The van der Waals surface area contributed by atoms with Gasteiger partial charge in [-0.2, -0.15) is 0 Å². The van der Waals surface area contributed by atoms with Crippen LogP contribution >= 0.6 is 0 Å². The Hall–Kier alpha value is -2.15. The Bertz CT molecular complexity index is 812. The van der Waals surface area contributed by atoms with Gasteiger partial charge in [0.2, 0.25) is 5.91 Å². The topological polar surface area (TPSA) is 92.3 Å². The molecule has 25 heavy (non-hydrogen) atoms. The number of hydrogen-bond donors (Lipinski definition) is 2. The lowest BCUT2D eigenvalue weighted by Gasteiger charge is -2.46. The van der Waals surface area contributed by atoms with E-state index in [0.29, 0.717) is 36.9 Å². The van der Waals surface area contributed by atoms with Crippen molar-refractivity contribution in [1.29, 1.82) is 0 Å². The Morgan fingerprint density at radius 2 is 2.04 bits per heavy atom. The number of anilines is 1. The van der Waals surface area contributed by atoms with Gasteiger partial charge in [0.1, 0.15) is 0 Å². The van der Waals surface area contributed by atoms with Crippen molar-refractivity contribution in [2.75, 3.05) is 11.1 Å². The Morgan fingerprint density at radius 1 is 1.28 bits per heavy atom. The molecule has 1 aliphatic heterocycles.